The van der Waals surface area contributed by atoms with Gasteiger partial charge >= 0.3 is 0 Å². The SMILES string of the molecule is O=c1c(OCC2OC(CO)C(O)C(O)C2O)c(-c2ccc(O)c(O)c2)oc2cc(O)cc(O)c12. The van der Waals surface area contributed by atoms with Crippen molar-refractivity contribution in [3.63, 3.8) is 0 Å². The van der Waals surface area contributed by atoms with Crippen LogP contribution in [0.15, 0.2) is 39.5 Å². The van der Waals surface area contributed by atoms with E-state index in [9.17, 15) is 45.6 Å². The number of aromatic hydroxyl groups is 4. The molecule has 1 aromatic heterocycles. The number of benzene rings is 2. The van der Waals surface area contributed by atoms with E-state index < -0.39 is 72.2 Å². The summed E-state index contributed by atoms with van der Waals surface area (Å²) in [5, 5.41) is 78.6. The molecular weight excluding hydrogens is 456 g/mol. The fourth-order valence-electron chi connectivity index (χ4n) is 3.74. The molecule has 5 unspecified atom stereocenters. The third-order valence-corrected chi connectivity index (χ3v) is 5.54. The maximum atomic E-state index is 13.2. The molecular formula is C22H22O12. The van der Waals surface area contributed by atoms with E-state index in [1.807, 2.05) is 0 Å². The Bertz CT molecular complexity index is 1270. The number of ether oxygens (including phenoxy) is 2. The Hall–Kier alpha value is -3.55. The van der Waals surface area contributed by atoms with Crippen LogP contribution in [-0.2, 0) is 4.74 Å². The number of fused-ring (bicyclic) bond motifs is 1. The van der Waals surface area contributed by atoms with E-state index >= 15 is 0 Å². The molecule has 3 aromatic rings. The minimum Gasteiger partial charge on any atom is -0.508 e. The molecule has 1 aliphatic heterocycles. The normalized spacial score (nSPS) is 24.9. The second-order valence-corrected chi connectivity index (χ2v) is 7.81. The van der Waals surface area contributed by atoms with Gasteiger partial charge in [0.15, 0.2) is 17.3 Å². The van der Waals surface area contributed by atoms with Gasteiger partial charge < -0.3 is 54.7 Å². The largest absolute Gasteiger partial charge is 0.508 e. The number of rotatable bonds is 5. The van der Waals surface area contributed by atoms with Crippen molar-refractivity contribution in [2.45, 2.75) is 30.5 Å². The Morgan fingerprint density at radius 2 is 1.56 bits per heavy atom. The minimum atomic E-state index is -1.66. The van der Waals surface area contributed by atoms with Crippen LogP contribution in [0.1, 0.15) is 0 Å². The third kappa shape index (κ3) is 4.08. The van der Waals surface area contributed by atoms with Crippen molar-refractivity contribution in [2.24, 2.45) is 0 Å². The van der Waals surface area contributed by atoms with Crippen LogP contribution in [-0.4, -0.2) is 84.6 Å². The van der Waals surface area contributed by atoms with E-state index in [4.69, 9.17) is 13.9 Å². The van der Waals surface area contributed by atoms with Crippen LogP contribution in [0.2, 0.25) is 0 Å². The zero-order valence-corrected chi connectivity index (χ0v) is 17.4. The fourth-order valence-corrected chi connectivity index (χ4v) is 3.74. The van der Waals surface area contributed by atoms with Crippen molar-refractivity contribution in [2.75, 3.05) is 13.2 Å². The Morgan fingerprint density at radius 3 is 2.24 bits per heavy atom. The summed E-state index contributed by atoms with van der Waals surface area (Å²) in [6, 6.07) is 5.54. The number of hydrogen-bond acceptors (Lipinski definition) is 12. The lowest BCUT2D eigenvalue weighted by Crippen LogP contribution is -2.59. The predicted octanol–water partition coefficient (Wildman–Crippen LogP) is -0.496. The maximum Gasteiger partial charge on any atom is 0.239 e. The second kappa shape index (κ2) is 9.00. The molecule has 34 heavy (non-hydrogen) atoms. The molecule has 1 aliphatic rings. The van der Waals surface area contributed by atoms with E-state index in [0.29, 0.717) is 0 Å². The number of aliphatic hydroxyl groups is 4. The molecule has 0 saturated carbocycles. The fraction of sp³-hybridized carbons (Fsp3) is 0.318. The van der Waals surface area contributed by atoms with Gasteiger partial charge in [0.05, 0.1) is 6.61 Å². The molecule has 2 aromatic carbocycles. The average Bonchev–Trinajstić information content (AvgIpc) is 2.79. The maximum absolute atomic E-state index is 13.2. The van der Waals surface area contributed by atoms with Crippen molar-refractivity contribution in [3.05, 3.63) is 40.6 Å². The van der Waals surface area contributed by atoms with Crippen LogP contribution in [0, 0.1) is 0 Å². The molecule has 2 heterocycles. The highest BCUT2D eigenvalue weighted by molar-refractivity contribution is 5.88. The van der Waals surface area contributed by atoms with Gasteiger partial charge in [0.1, 0.15) is 59.6 Å². The van der Waals surface area contributed by atoms with Gasteiger partial charge in [-0.3, -0.25) is 4.79 Å². The third-order valence-electron chi connectivity index (χ3n) is 5.54. The molecule has 1 fully saturated rings. The van der Waals surface area contributed by atoms with Gasteiger partial charge in [-0.15, -0.1) is 0 Å². The summed E-state index contributed by atoms with van der Waals surface area (Å²) >= 11 is 0. The lowest BCUT2D eigenvalue weighted by Gasteiger charge is -2.39. The van der Waals surface area contributed by atoms with Crippen LogP contribution in [0.4, 0.5) is 0 Å². The first-order chi connectivity index (χ1) is 16.1. The number of hydrogen-bond donors (Lipinski definition) is 8. The Morgan fingerprint density at radius 1 is 0.853 bits per heavy atom. The summed E-state index contributed by atoms with van der Waals surface area (Å²) in [4.78, 5) is 13.2. The van der Waals surface area contributed by atoms with Gasteiger partial charge in [0, 0.05) is 17.7 Å². The molecule has 0 radical (unpaired) electrons. The topological polar surface area (TPSA) is 211 Å². The highest BCUT2D eigenvalue weighted by Gasteiger charge is 2.43. The number of aliphatic hydroxyl groups excluding tert-OH is 4. The lowest BCUT2D eigenvalue weighted by molar-refractivity contribution is -0.234. The van der Waals surface area contributed by atoms with Crippen LogP contribution < -0.4 is 10.2 Å². The summed E-state index contributed by atoms with van der Waals surface area (Å²) in [7, 11) is 0. The van der Waals surface area contributed by atoms with Crippen molar-refractivity contribution >= 4 is 11.0 Å². The Labute approximate surface area is 190 Å². The van der Waals surface area contributed by atoms with Gasteiger partial charge in [0.2, 0.25) is 11.2 Å². The smallest absolute Gasteiger partial charge is 0.239 e. The summed E-state index contributed by atoms with van der Waals surface area (Å²) < 4.78 is 16.7. The summed E-state index contributed by atoms with van der Waals surface area (Å²) in [6.45, 7) is -1.21. The van der Waals surface area contributed by atoms with E-state index in [-0.39, 0.29) is 28.0 Å². The summed E-state index contributed by atoms with van der Waals surface area (Å²) in [6.07, 6.45) is -7.34. The summed E-state index contributed by atoms with van der Waals surface area (Å²) in [5.41, 5.74) is -0.989. The number of phenolic OH excluding ortho intramolecular Hbond substituents is 4. The average molecular weight is 478 g/mol. The molecule has 0 spiro atoms. The lowest BCUT2D eigenvalue weighted by atomic mass is 9.95. The van der Waals surface area contributed by atoms with Crippen molar-refractivity contribution in [1.82, 2.24) is 0 Å². The van der Waals surface area contributed by atoms with Crippen molar-refractivity contribution < 1.29 is 54.7 Å². The Balaban J connectivity index is 1.79. The summed E-state index contributed by atoms with van der Waals surface area (Å²) in [5.74, 6) is -2.67. The van der Waals surface area contributed by atoms with Crippen molar-refractivity contribution in [3.8, 4) is 40.1 Å². The van der Waals surface area contributed by atoms with E-state index in [2.05, 4.69) is 0 Å². The molecule has 12 heteroatoms. The predicted molar refractivity (Wildman–Crippen MR) is 114 cm³/mol. The van der Waals surface area contributed by atoms with Gasteiger partial charge in [-0.2, -0.15) is 0 Å². The molecule has 0 aliphatic carbocycles. The molecule has 5 atom stereocenters. The van der Waals surface area contributed by atoms with Gasteiger partial charge in [-0.05, 0) is 18.2 Å². The van der Waals surface area contributed by atoms with E-state index in [1.165, 1.54) is 6.07 Å². The van der Waals surface area contributed by atoms with Crippen LogP contribution in [0.5, 0.6) is 28.7 Å². The first kappa shape index (κ1) is 23.6. The van der Waals surface area contributed by atoms with Crippen molar-refractivity contribution in [1.29, 1.82) is 0 Å². The molecule has 0 bridgehead atoms. The molecule has 12 nitrogen and oxygen atoms in total. The monoisotopic (exact) mass is 478 g/mol. The molecule has 182 valence electrons. The van der Waals surface area contributed by atoms with Gasteiger partial charge in [0.25, 0.3) is 0 Å². The first-order valence-electron chi connectivity index (χ1n) is 10.1. The van der Waals surface area contributed by atoms with Crippen LogP contribution in [0.3, 0.4) is 0 Å². The van der Waals surface area contributed by atoms with Gasteiger partial charge in [-0.25, -0.2) is 0 Å². The van der Waals surface area contributed by atoms with Crippen LogP contribution >= 0.6 is 0 Å². The standard InChI is InChI=1S/C22H22O12/c23-6-14-17(28)20(31)18(29)15(33-14)7-32-22-19(30)16-12(27)4-9(24)5-13(16)34-21(22)8-1-2-10(25)11(26)3-8/h1-5,14-15,17-18,20,23-29,31H,6-7H2. The molecule has 4 rings (SSSR count). The Kier molecular flexibility index (Phi) is 6.25. The quantitative estimate of drug-likeness (QED) is 0.218. The molecule has 1 saturated heterocycles. The molecule has 0 amide bonds. The minimum absolute atomic E-state index is 0.0842. The first-order valence-corrected chi connectivity index (χ1v) is 10.1. The van der Waals surface area contributed by atoms with Gasteiger partial charge in [-0.1, -0.05) is 0 Å². The highest BCUT2D eigenvalue weighted by Crippen LogP contribution is 2.38. The zero-order chi connectivity index (χ0) is 24.7. The number of phenols is 4. The molecule has 8 N–H and O–H groups in total. The van der Waals surface area contributed by atoms with Crippen LogP contribution in [0.25, 0.3) is 22.3 Å². The van der Waals surface area contributed by atoms with E-state index in [1.54, 1.807) is 0 Å². The zero-order valence-electron chi connectivity index (χ0n) is 17.4. The highest BCUT2D eigenvalue weighted by atomic mass is 16.6. The second-order valence-electron chi connectivity index (χ2n) is 7.81. The van der Waals surface area contributed by atoms with E-state index in [0.717, 1.165) is 24.3 Å².